The van der Waals surface area contributed by atoms with E-state index < -0.39 is 204 Å². The van der Waals surface area contributed by atoms with Crippen LogP contribution in [0.1, 0.15) is 159 Å². The summed E-state index contributed by atoms with van der Waals surface area (Å²) in [5, 5.41) is 136. The number of hydrogen-bond acceptors (Lipinski definition) is 29. The van der Waals surface area contributed by atoms with Gasteiger partial charge in [-0.25, -0.2) is 0 Å². The number of amides is 7. The molecule has 37 heteroatoms. The summed E-state index contributed by atoms with van der Waals surface area (Å²) in [6, 6.07) is 7.41. The lowest BCUT2D eigenvalue weighted by Crippen LogP contribution is -2.64. The van der Waals surface area contributed by atoms with E-state index in [1.165, 1.54) is 106 Å². The molecule has 0 unspecified atom stereocenters. The Balaban J connectivity index is 0.928. The van der Waals surface area contributed by atoms with Gasteiger partial charge in [0.25, 0.3) is 0 Å². The number of aliphatic hydroxyl groups is 8. The van der Waals surface area contributed by atoms with Crippen molar-refractivity contribution in [3.05, 3.63) is 153 Å². The van der Waals surface area contributed by atoms with Crippen LogP contribution in [0.4, 0.5) is 0 Å². The second-order valence-electron chi connectivity index (χ2n) is 35.0. The van der Waals surface area contributed by atoms with Crippen LogP contribution in [0.5, 0.6) is 46.0 Å². The number of phenols is 1. The van der Waals surface area contributed by atoms with Gasteiger partial charge in [0.1, 0.15) is 97.2 Å². The van der Waals surface area contributed by atoms with Gasteiger partial charge in [-0.2, -0.15) is 0 Å². The van der Waals surface area contributed by atoms with Crippen molar-refractivity contribution in [1.82, 2.24) is 53.2 Å². The number of carbonyl (C=O) groups is 8. The second-order valence-corrected chi connectivity index (χ2v) is 35.4. The number of carbonyl (C=O) groups excluding carboxylic acids is 8. The van der Waals surface area contributed by atoms with Crippen LogP contribution in [0.15, 0.2) is 103 Å². The van der Waals surface area contributed by atoms with E-state index in [9.17, 15) is 50.8 Å². The van der Waals surface area contributed by atoms with E-state index in [0.29, 0.717) is 24.9 Å². The SMILES string of the molecule is CNCCOc1ccc(C(=O)C[C@@H]2NC(=O)[C@H](NC(=O)[C@@H](CC(C)C)NC)[C@H](O)c3ccc(c(Cl)c3)Oc3cc4cc(c3O[C@@H]3O[C@H](CO)[C@@H](O)[C@H](O)[C@H]3O[C@H]3C[C@](C)(N)[C@H](O)[C@H](C)O3)Oc3ccc(cc3)[C@@H](O)[C@@H]3NC(=O)[C@H](NC(=O)[C@@H]4NC2=O)c2ccc4c(c2)-c2c(cc(O)cc2C4(O)O)[C@@H](C(=O)NC2C4CC5CC(C4)CC2C5)NC3=O)cc1OCCNC. The van der Waals surface area contributed by atoms with Crippen LogP contribution in [-0.4, -0.2) is 232 Å². The molecule has 6 aromatic rings. The number of rotatable bonds is 23. The number of fused-ring (bicyclic) bond motifs is 12. The molecule has 0 aromatic heterocycles. The molecule has 4 saturated carbocycles. The number of aliphatic hydroxyl groups excluding tert-OH is 6. The molecule has 36 nitrogen and oxygen atoms in total. The molecular weight excluding hydrogens is 1660 g/mol. The first-order valence-electron chi connectivity index (χ1n) is 42.5. The maximum absolute atomic E-state index is 16.8. The van der Waals surface area contributed by atoms with E-state index in [1.807, 2.05) is 13.8 Å². The predicted molar refractivity (Wildman–Crippen MR) is 448 cm³/mol. The highest BCUT2D eigenvalue weighted by atomic mass is 35.5. The van der Waals surface area contributed by atoms with E-state index >= 15 is 33.6 Å². The van der Waals surface area contributed by atoms with Crippen LogP contribution in [-0.2, 0) is 53.6 Å². The number of likely N-dealkylation sites (N-methyl/N-ethyl adjacent to an activating group) is 3. The van der Waals surface area contributed by atoms with E-state index in [1.54, 1.807) is 14.1 Å². The van der Waals surface area contributed by atoms with E-state index in [-0.39, 0.29) is 128 Å². The van der Waals surface area contributed by atoms with Crippen LogP contribution >= 0.6 is 11.6 Å². The lowest BCUT2D eigenvalue weighted by molar-refractivity contribution is -0.333. The molecule has 7 aliphatic heterocycles. The smallest absolute Gasteiger partial charge is 0.248 e. The van der Waals surface area contributed by atoms with Crippen LogP contribution in [0.2, 0.25) is 5.02 Å². The number of nitrogens with two attached hydrogens (primary N) is 1. The predicted octanol–water partition coefficient (Wildman–Crippen LogP) is 1.99. The summed E-state index contributed by atoms with van der Waals surface area (Å²) in [6.07, 6.45) is -13.7. The summed E-state index contributed by atoms with van der Waals surface area (Å²) < 4.78 is 51.5. The van der Waals surface area contributed by atoms with Crippen molar-refractivity contribution in [2.75, 3.05) is 54.1 Å². The highest BCUT2D eigenvalue weighted by Crippen LogP contribution is 2.56. The Morgan fingerprint density at radius 2 is 1.31 bits per heavy atom. The average Bonchev–Trinajstić information content (AvgIpc) is 1.56. The van der Waals surface area contributed by atoms with Gasteiger partial charge in [-0.15, -0.1) is 0 Å². The summed E-state index contributed by atoms with van der Waals surface area (Å²) in [4.78, 5) is 127. The number of nitrogens with one attached hydrogen (secondary N) is 10. The number of hydrogen-bond donors (Lipinski definition) is 20. The lowest BCUT2D eigenvalue weighted by atomic mass is 9.54. The van der Waals surface area contributed by atoms with Crippen molar-refractivity contribution < 1.29 is 122 Å². The molecule has 0 radical (unpaired) electrons. The summed E-state index contributed by atoms with van der Waals surface area (Å²) >= 11 is 7.27. The molecule has 18 rings (SSSR count). The van der Waals surface area contributed by atoms with Gasteiger partial charge in [0.2, 0.25) is 59.2 Å². The summed E-state index contributed by atoms with van der Waals surface area (Å²) in [6.45, 7) is 6.78. The maximum Gasteiger partial charge on any atom is 0.248 e. The number of Topliss-reactive ketones (excluding diaryl/α,β-unsaturated/α-hetero) is 1. The Morgan fingerprint density at radius 1 is 0.659 bits per heavy atom. The molecule has 7 heterocycles. The zero-order valence-corrected chi connectivity index (χ0v) is 71.1. The molecule has 12 aliphatic rings. The Kier molecular flexibility index (Phi) is 26.8. The van der Waals surface area contributed by atoms with Crippen LogP contribution in [0.25, 0.3) is 11.1 Å². The first-order chi connectivity index (χ1) is 60.1. The number of benzene rings is 6. The highest BCUT2D eigenvalue weighted by Gasteiger charge is 2.54. The minimum atomic E-state index is -2.97. The van der Waals surface area contributed by atoms with Gasteiger partial charge in [0.05, 0.1) is 29.9 Å². The van der Waals surface area contributed by atoms with Gasteiger partial charge in [-0.3, -0.25) is 38.4 Å². The Hall–Kier alpha value is -10.2. The molecule has 126 heavy (non-hydrogen) atoms. The lowest BCUT2D eigenvalue weighted by Gasteiger charge is -2.54. The van der Waals surface area contributed by atoms with Crippen molar-refractivity contribution in [1.29, 1.82) is 0 Å². The molecule has 6 aromatic carbocycles. The average molecular weight is 1770 g/mol. The summed E-state index contributed by atoms with van der Waals surface area (Å²) in [5.74, 6) is -13.2. The van der Waals surface area contributed by atoms with E-state index in [2.05, 4.69) is 53.2 Å². The molecule has 15 bridgehead atoms. The fourth-order valence-corrected chi connectivity index (χ4v) is 19.4. The Morgan fingerprint density at radius 3 is 1.97 bits per heavy atom. The fourth-order valence-electron chi connectivity index (χ4n) is 19.2. The van der Waals surface area contributed by atoms with Gasteiger partial charge in [0.15, 0.2) is 41.2 Å². The third-order valence-electron chi connectivity index (χ3n) is 25.5. The normalized spacial score (nSPS) is 30.9. The molecule has 0 spiro atoms. The van der Waals surface area contributed by atoms with E-state index in [4.69, 9.17) is 55.2 Å². The number of ether oxygens (including phenoxy) is 8. The number of ketones is 1. The van der Waals surface area contributed by atoms with Crippen molar-refractivity contribution in [2.24, 2.45) is 35.3 Å². The fraction of sp³-hybridized carbons (Fsp3) is 0.506. The van der Waals surface area contributed by atoms with Crippen LogP contribution in [0, 0.1) is 29.6 Å². The minimum absolute atomic E-state index is 0.0734. The van der Waals surface area contributed by atoms with Gasteiger partial charge in [-0.05, 0) is 215 Å². The Bertz CT molecular complexity index is 5110. The second kappa shape index (κ2) is 37.2. The topological polar surface area (TPSA) is 539 Å². The minimum Gasteiger partial charge on any atom is -0.508 e. The third kappa shape index (κ3) is 18.5. The largest absolute Gasteiger partial charge is 0.508 e. The molecular formula is C89H108ClN11O25. The van der Waals surface area contributed by atoms with Crippen LogP contribution < -0.4 is 82.6 Å². The van der Waals surface area contributed by atoms with Gasteiger partial charge >= 0.3 is 0 Å². The molecule has 2 saturated heterocycles. The van der Waals surface area contributed by atoms with Crippen molar-refractivity contribution in [2.45, 2.75) is 200 Å². The standard InChI is InChI=1S/C89H108ClN11O25/c1-38(2)22-56(94-7)80(110)100-72-74(106)45-12-16-59(55(90)29-45)123-63-32-48-31-62(77(63)126-87-78(76(108)75(107)64(37-102)124-87)125-65-36-88(4,91)79(109)39(3)121-65)122-50-13-8-42(9-14-50)73(105)71-86(116)99-70(84(114)96-67-46-24-40-23-41(26-46)27-47(67)25-40)52-33-49(103)34-54-66(52)51-28-44(10-15-53(51)89(54,117)118)68(82(112)101-71)98-83(113)69(48)97-81(111)57(95-85(72)115)35-58(104)43-11-17-60(119-20-18-92-5)61(30-43)120-21-19-93-6/h8-17,28-34,38-41,46-47,56-57,64-65,67-76,78-79,87,92-94,102-103,105-109,117-118H,18-27,35-37,91H2,1-7H3,(H,95,115)(H,96,114)(H,97,111)(H,98,113)(H,99,116)(H,100,110)(H,101,112)/t39-,40?,41?,46?,47?,56+,57-,64+,65-,67?,68+,69+,70-,71-,72+,73+,74+,75+,76-,78+,79+,87-,88-/m0/s1. The zero-order chi connectivity index (χ0) is 89.8. The zero-order valence-electron chi connectivity index (χ0n) is 70.3. The third-order valence-corrected chi connectivity index (χ3v) is 25.8. The quantitative estimate of drug-likeness (QED) is 0.0248. The molecule has 7 amide bonds. The summed E-state index contributed by atoms with van der Waals surface area (Å²) in [5.41, 5.74) is 3.37. The van der Waals surface area contributed by atoms with E-state index in [0.717, 1.165) is 50.3 Å². The first-order valence-corrected chi connectivity index (χ1v) is 42.8. The molecule has 6 fully saturated rings. The van der Waals surface area contributed by atoms with Crippen molar-refractivity contribution in [3.63, 3.8) is 0 Å². The number of phenolic OH excluding ortho intramolecular Hbond substituents is 1. The van der Waals surface area contributed by atoms with Gasteiger partial charge in [-0.1, -0.05) is 55.8 Å². The molecule has 676 valence electrons. The Labute approximate surface area is 729 Å². The van der Waals surface area contributed by atoms with Crippen LogP contribution in [0.3, 0.4) is 0 Å². The molecule has 5 aliphatic carbocycles. The monoisotopic (exact) mass is 1770 g/mol. The van der Waals surface area contributed by atoms with Crippen molar-refractivity contribution in [3.8, 4) is 57.1 Å². The highest BCUT2D eigenvalue weighted by molar-refractivity contribution is 6.32. The van der Waals surface area contributed by atoms with Crippen molar-refractivity contribution >= 4 is 58.7 Å². The number of aromatic hydroxyl groups is 1. The number of halogens is 1. The first kappa shape index (κ1) is 90.6. The molecule has 18 atom stereocenters. The summed E-state index contributed by atoms with van der Waals surface area (Å²) in [7, 11) is 4.92. The van der Waals surface area contributed by atoms with Gasteiger partial charge < -0.3 is 143 Å². The van der Waals surface area contributed by atoms with Gasteiger partial charge in [0, 0.05) is 54.2 Å². The maximum atomic E-state index is 16.8. The molecule has 21 N–H and O–H groups in total.